The first-order valence-corrected chi connectivity index (χ1v) is 9.55. The summed E-state index contributed by atoms with van der Waals surface area (Å²) in [6.45, 7) is 4.64. The van der Waals surface area contributed by atoms with Gasteiger partial charge in [0.1, 0.15) is 0 Å². The van der Waals surface area contributed by atoms with Crippen LogP contribution in [0.2, 0.25) is 0 Å². The van der Waals surface area contributed by atoms with Crippen molar-refractivity contribution in [1.29, 1.82) is 0 Å². The first-order chi connectivity index (χ1) is 11.8. The van der Waals surface area contributed by atoms with Gasteiger partial charge in [-0.05, 0) is 5.56 Å². The number of nitrogens with zero attached hydrogens (tertiary/aromatic N) is 2. The molecular weight excluding hydrogens is 356 g/mol. The lowest BCUT2D eigenvalue weighted by Crippen LogP contribution is -2.44. The normalized spacial score (nSPS) is 22.8. The molecule has 0 bridgehead atoms. The van der Waals surface area contributed by atoms with Crippen LogP contribution in [-0.2, 0) is 13.0 Å². The van der Waals surface area contributed by atoms with E-state index in [2.05, 4.69) is 34.6 Å². The molecule has 0 spiro atoms. The van der Waals surface area contributed by atoms with Gasteiger partial charge in [0, 0.05) is 48.3 Å². The van der Waals surface area contributed by atoms with Gasteiger partial charge < -0.3 is 10.2 Å². The summed E-state index contributed by atoms with van der Waals surface area (Å²) in [5.74, 6) is 1.03. The van der Waals surface area contributed by atoms with Crippen LogP contribution in [0.3, 0.4) is 0 Å². The summed E-state index contributed by atoms with van der Waals surface area (Å²) in [5.41, 5.74) is 3.95. The van der Waals surface area contributed by atoms with Crippen LogP contribution in [-0.4, -0.2) is 45.1 Å². The Hall–Kier alpha value is -1.50. The molecule has 2 atom stereocenters. The van der Waals surface area contributed by atoms with Gasteiger partial charge >= 0.3 is 0 Å². The van der Waals surface area contributed by atoms with E-state index in [1.807, 2.05) is 34.9 Å². The molecule has 7 heteroatoms. The number of halogens is 1. The molecule has 5 nitrogen and oxygen atoms in total. The van der Waals surface area contributed by atoms with Crippen LogP contribution in [0.5, 0.6) is 0 Å². The van der Waals surface area contributed by atoms with Crippen molar-refractivity contribution in [2.24, 2.45) is 0 Å². The molecule has 1 saturated heterocycles. The zero-order chi connectivity index (χ0) is 16.5. The molecule has 1 aromatic heterocycles. The van der Waals surface area contributed by atoms with E-state index < -0.39 is 0 Å². The van der Waals surface area contributed by atoms with Crippen LogP contribution >= 0.6 is 24.2 Å². The van der Waals surface area contributed by atoms with Crippen molar-refractivity contribution in [2.75, 3.05) is 18.8 Å². The lowest BCUT2D eigenvalue weighted by Gasteiger charge is -2.39. The summed E-state index contributed by atoms with van der Waals surface area (Å²) in [6.07, 6.45) is 0.907. The van der Waals surface area contributed by atoms with Crippen LogP contribution in [0.1, 0.15) is 40.3 Å². The molecule has 25 heavy (non-hydrogen) atoms. The smallest absolute Gasteiger partial charge is 0.275 e. The van der Waals surface area contributed by atoms with Crippen molar-refractivity contribution in [2.45, 2.75) is 31.2 Å². The number of rotatable bonds is 2. The zero-order valence-electron chi connectivity index (χ0n) is 14.2. The number of hydrogen-bond donors (Lipinski definition) is 2. The van der Waals surface area contributed by atoms with E-state index in [0.29, 0.717) is 10.9 Å². The Balaban J connectivity index is 0.00000182. The maximum absolute atomic E-state index is 13.3. The molecule has 134 valence electrons. The molecule has 0 radical (unpaired) electrons. The van der Waals surface area contributed by atoms with Gasteiger partial charge in [0.15, 0.2) is 5.69 Å². The molecule has 1 amide bonds. The van der Waals surface area contributed by atoms with Gasteiger partial charge in [0.05, 0.1) is 6.04 Å². The third-order valence-corrected chi connectivity index (χ3v) is 6.11. The van der Waals surface area contributed by atoms with Crippen molar-refractivity contribution >= 4 is 30.1 Å². The van der Waals surface area contributed by atoms with E-state index in [1.54, 1.807) is 0 Å². The third kappa shape index (κ3) is 3.43. The number of fused-ring (bicyclic) bond motifs is 1. The molecule has 2 N–H and O–H groups in total. The number of hydrogen-bond acceptors (Lipinski definition) is 4. The maximum Gasteiger partial charge on any atom is 0.275 e. The molecule has 3 heterocycles. The fourth-order valence-electron chi connectivity index (χ4n) is 3.69. The Morgan fingerprint density at radius 2 is 2.12 bits per heavy atom. The molecule has 2 aliphatic heterocycles. The van der Waals surface area contributed by atoms with E-state index in [-0.39, 0.29) is 24.4 Å². The van der Waals surface area contributed by atoms with E-state index >= 15 is 0 Å². The zero-order valence-corrected chi connectivity index (χ0v) is 15.8. The Morgan fingerprint density at radius 3 is 2.92 bits per heavy atom. The second kappa shape index (κ2) is 7.81. The number of carbonyl (C=O) groups excluding carboxylic acids is 1. The predicted molar refractivity (Wildman–Crippen MR) is 103 cm³/mol. The first kappa shape index (κ1) is 18.3. The second-order valence-corrected chi connectivity index (χ2v) is 7.87. The fraction of sp³-hybridized carbons (Fsp3) is 0.444. The van der Waals surface area contributed by atoms with Crippen LogP contribution in [0, 0.1) is 0 Å². The molecular formula is C18H23ClN4OS. The average molecular weight is 379 g/mol. The summed E-state index contributed by atoms with van der Waals surface area (Å²) < 4.78 is 0. The monoisotopic (exact) mass is 378 g/mol. The highest BCUT2D eigenvalue weighted by Crippen LogP contribution is 2.37. The number of aromatic amines is 1. The number of carbonyl (C=O) groups is 1. The minimum absolute atomic E-state index is 0. The average Bonchev–Trinajstić information content (AvgIpc) is 3.06. The number of amides is 1. The number of H-pyrrole nitrogens is 1. The topological polar surface area (TPSA) is 61.0 Å². The van der Waals surface area contributed by atoms with Crippen LogP contribution in [0.4, 0.5) is 0 Å². The van der Waals surface area contributed by atoms with Crippen molar-refractivity contribution in [1.82, 2.24) is 20.4 Å². The molecule has 1 fully saturated rings. The molecule has 2 unspecified atom stereocenters. The molecule has 2 aliphatic rings. The predicted octanol–water partition coefficient (Wildman–Crippen LogP) is 2.80. The van der Waals surface area contributed by atoms with Gasteiger partial charge in [0.2, 0.25) is 0 Å². The quantitative estimate of drug-likeness (QED) is 0.843. The minimum Gasteiger partial charge on any atom is -0.328 e. The fourth-order valence-corrected chi connectivity index (χ4v) is 4.85. The highest BCUT2D eigenvalue weighted by Gasteiger charge is 2.36. The molecule has 2 aromatic rings. The second-order valence-electron chi connectivity index (χ2n) is 6.39. The van der Waals surface area contributed by atoms with Crippen LogP contribution in [0.25, 0.3) is 0 Å². The third-order valence-electron chi connectivity index (χ3n) is 4.90. The van der Waals surface area contributed by atoms with Crippen LogP contribution < -0.4 is 5.32 Å². The lowest BCUT2D eigenvalue weighted by molar-refractivity contribution is 0.0673. The molecule has 4 rings (SSSR count). The van der Waals surface area contributed by atoms with Gasteiger partial charge in [-0.15, -0.1) is 12.4 Å². The van der Waals surface area contributed by atoms with E-state index in [9.17, 15) is 4.79 Å². The Bertz CT molecular complexity index is 736. The van der Waals surface area contributed by atoms with Crippen molar-refractivity contribution in [3.05, 3.63) is 52.8 Å². The number of nitrogens with one attached hydrogen (secondary N) is 2. The van der Waals surface area contributed by atoms with Gasteiger partial charge in [-0.2, -0.15) is 16.9 Å². The first-order valence-electron chi connectivity index (χ1n) is 8.50. The molecule has 0 aliphatic carbocycles. The van der Waals surface area contributed by atoms with Gasteiger partial charge in [0.25, 0.3) is 5.91 Å². The standard InChI is InChI=1S/C18H22N4OS.ClH/c1-12-17(13-5-3-2-4-6-13)22(9-10-24-12)18(23)16-14-11-19-8-7-15(14)20-21-16;/h2-6,12,17,19H,7-11H2,1H3,(H,20,21);1H. The summed E-state index contributed by atoms with van der Waals surface area (Å²) >= 11 is 1.93. The SMILES string of the molecule is CC1SCCN(C(=O)c2n[nH]c3c2CNCC3)C1c1ccccc1.Cl. The Morgan fingerprint density at radius 1 is 1.32 bits per heavy atom. The lowest BCUT2D eigenvalue weighted by atomic mass is 10.0. The Labute approximate surface area is 158 Å². The summed E-state index contributed by atoms with van der Waals surface area (Å²) in [5, 5.41) is 11.1. The summed E-state index contributed by atoms with van der Waals surface area (Å²) in [6, 6.07) is 10.5. The number of benzene rings is 1. The van der Waals surface area contributed by atoms with Gasteiger partial charge in [-0.25, -0.2) is 0 Å². The Kier molecular flexibility index (Phi) is 5.71. The van der Waals surface area contributed by atoms with Crippen molar-refractivity contribution < 1.29 is 4.79 Å². The number of thioether (sulfide) groups is 1. The van der Waals surface area contributed by atoms with Gasteiger partial charge in [-0.3, -0.25) is 9.89 Å². The summed E-state index contributed by atoms with van der Waals surface area (Å²) in [4.78, 5) is 15.3. The highest BCUT2D eigenvalue weighted by molar-refractivity contribution is 8.00. The van der Waals surface area contributed by atoms with E-state index in [0.717, 1.165) is 43.1 Å². The van der Waals surface area contributed by atoms with Crippen molar-refractivity contribution in [3.63, 3.8) is 0 Å². The van der Waals surface area contributed by atoms with E-state index in [4.69, 9.17) is 0 Å². The van der Waals surface area contributed by atoms with E-state index in [1.165, 1.54) is 5.56 Å². The largest absolute Gasteiger partial charge is 0.328 e. The van der Waals surface area contributed by atoms with Gasteiger partial charge in [-0.1, -0.05) is 37.3 Å². The summed E-state index contributed by atoms with van der Waals surface area (Å²) in [7, 11) is 0. The minimum atomic E-state index is 0. The van der Waals surface area contributed by atoms with Crippen LogP contribution in [0.15, 0.2) is 30.3 Å². The molecule has 1 aromatic carbocycles. The van der Waals surface area contributed by atoms with Crippen molar-refractivity contribution in [3.8, 4) is 0 Å². The number of aromatic nitrogens is 2. The maximum atomic E-state index is 13.3. The highest BCUT2D eigenvalue weighted by atomic mass is 35.5. The molecule has 0 saturated carbocycles.